The average Bonchev–Trinajstić information content (AvgIpc) is 2.53. The highest BCUT2D eigenvalue weighted by Crippen LogP contribution is 2.28. The largest absolute Gasteiger partial charge is 0.493 e. The van der Waals surface area contributed by atoms with Crippen LogP contribution in [0.2, 0.25) is 0 Å². The second-order valence-electron chi connectivity index (χ2n) is 6.46. The van der Waals surface area contributed by atoms with Gasteiger partial charge in [-0.1, -0.05) is 70.1 Å². The van der Waals surface area contributed by atoms with Gasteiger partial charge in [0, 0.05) is 12.0 Å². The van der Waals surface area contributed by atoms with Crippen molar-refractivity contribution in [3.8, 4) is 5.75 Å². The number of rotatable bonds is 9. The molecule has 1 aliphatic heterocycles. The van der Waals surface area contributed by atoms with Gasteiger partial charge in [0.2, 0.25) is 0 Å². The van der Waals surface area contributed by atoms with Crippen LogP contribution >= 0.6 is 0 Å². The van der Waals surface area contributed by atoms with Gasteiger partial charge < -0.3 is 10.5 Å². The standard InChI is InChI=1S/C19H31NO/c1-2-3-4-5-6-7-8-12-18(20)17-14-16-11-9-10-13-19(16)21-15-17/h9-11,13,17-18H,2-8,12,14-15,20H2,1H3. The predicted molar refractivity (Wildman–Crippen MR) is 89.7 cm³/mol. The van der Waals surface area contributed by atoms with Crippen LogP contribution in [0.15, 0.2) is 24.3 Å². The molecule has 2 unspecified atom stereocenters. The van der Waals surface area contributed by atoms with Crippen molar-refractivity contribution in [2.45, 2.75) is 70.8 Å². The van der Waals surface area contributed by atoms with E-state index in [9.17, 15) is 0 Å². The van der Waals surface area contributed by atoms with E-state index in [4.69, 9.17) is 10.5 Å². The Morgan fingerprint density at radius 2 is 1.81 bits per heavy atom. The smallest absolute Gasteiger partial charge is 0.122 e. The molecule has 2 nitrogen and oxygen atoms in total. The summed E-state index contributed by atoms with van der Waals surface area (Å²) in [6, 6.07) is 8.65. The first kappa shape index (κ1) is 16.4. The number of ether oxygens (including phenoxy) is 1. The molecule has 0 fully saturated rings. The summed E-state index contributed by atoms with van der Waals surface area (Å²) in [5, 5.41) is 0. The van der Waals surface area contributed by atoms with Crippen molar-refractivity contribution >= 4 is 0 Å². The number of fused-ring (bicyclic) bond motifs is 1. The van der Waals surface area contributed by atoms with Crippen LogP contribution in [0.3, 0.4) is 0 Å². The van der Waals surface area contributed by atoms with Crippen LogP contribution in [0.5, 0.6) is 5.75 Å². The number of hydrogen-bond acceptors (Lipinski definition) is 2. The van der Waals surface area contributed by atoms with Gasteiger partial charge in [0.1, 0.15) is 5.75 Å². The van der Waals surface area contributed by atoms with E-state index >= 15 is 0 Å². The lowest BCUT2D eigenvalue weighted by atomic mass is 9.88. The van der Waals surface area contributed by atoms with Crippen LogP contribution in [0.4, 0.5) is 0 Å². The van der Waals surface area contributed by atoms with E-state index in [-0.39, 0.29) is 6.04 Å². The minimum absolute atomic E-state index is 0.286. The minimum Gasteiger partial charge on any atom is -0.493 e. The summed E-state index contributed by atoms with van der Waals surface area (Å²) in [5.74, 6) is 1.54. The first-order valence-electron chi connectivity index (χ1n) is 8.77. The lowest BCUT2D eigenvalue weighted by Gasteiger charge is -2.29. The number of hydrogen-bond donors (Lipinski definition) is 1. The molecule has 1 heterocycles. The molecule has 2 atom stereocenters. The molecule has 2 N–H and O–H groups in total. The number of para-hydroxylation sites is 1. The third-order valence-corrected chi connectivity index (χ3v) is 4.65. The van der Waals surface area contributed by atoms with Crippen molar-refractivity contribution in [3.05, 3.63) is 29.8 Å². The molecular formula is C19H31NO. The summed E-state index contributed by atoms with van der Waals surface area (Å²) in [7, 11) is 0. The van der Waals surface area contributed by atoms with E-state index in [0.29, 0.717) is 5.92 Å². The molecule has 0 amide bonds. The van der Waals surface area contributed by atoms with Gasteiger partial charge in [0.25, 0.3) is 0 Å². The SMILES string of the molecule is CCCCCCCCCC(N)C1COc2ccccc2C1. The van der Waals surface area contributed by atoms with Crippen LogP contribution in [-0.2, 0) is 6.42 Å². The monoisotopic (exact) mass is 289 g/mol. The Hall–Kier alpha value is -1.02. The summed E-state index contributed by atoms with van der Waals surface area (Å²) >= 11 is 0. The highest BCUT2D eigenvalue weighted by molar-refractivity contribution is 5.35. The van der Waals surface area contributed by atoms with Crippen LogP contribution in [0.1, 0.15) is 63.9 Å². The zero-order valence-electron chi connectivity index (χ0n) is 13.5. The molecule has 0 saturated heterocycles. The van der Waals surface area contributed by atoms with Gasteiger partial charge in [-0.2, -0.15) is 0 Å². The zero-order valence-corrected chi connectivity index (χ0v) is 13.5. The van der Waals surface area contributed by atoms with Gasteiger partial charge in [0.05, 0.1) is 6.61 Å². The summed E-state index contributed by atoms with van der Waals surface area (Å²) < 4.78 is 5.85. The Balaban J connectivity index is 1.62. The maximum absolute atomic E-state index is 6.39. The molecule has 1 aromatic rings. The molecule has 0 spiro atoms. The third-order valence-electron chi connectivity index (χ3n) is 4.65. The van der Waals surface area contributed by atoms with Gasteiger partial charge in [-0.3, -0.25) is 0 Å². The molecular weight excluding hydrogens is 258 g/mol. The number of nitrogens with two attached hydrogens (primary N) is 1. The molecule has 1 aliphatic rings. The zero-order chi connectivity index (χ0) is 14.9. The first-order chi connectivity index (χ1) is 10.3. The van der Waals surface area contributed by atoms with Crippen molar-refractivity contribution < 1.29 is 4.74 Å². The fraction of sp³-hybridized carbons (Fsp3) is 0.684. The normalized spacial score (nSPS) is 18.9. The summed E-state index contributed by atoms with van der Waals surface area (Å²) in [4.78, 5) is 0. The van der Waals surface area contributed by atoms with Crippen LogP contribution < -0.4 is 10.5 Å². The third kappa shape index (κ3) is 5.35. The van der Waals surface area contributed by atoms with Gasteiger partial charge in [-0.05, 0) is 24.5 Å². The van der Waals surface area contributed by atoms with E-state index in [0.717, 1.165) is 25.2 Å². The van der Waals surface area contributed by atoms with E-state index < -0.39 is 0 Å². The molecule has 0 aromatic heterocycles. The van der Waals surface area contributed by atoms with E-state index in [1.54, 1.807) is 0 Å². The first-order valence-corrected chi connectivity index (χ1v) is 8.77. The van der Waals surface area contributed by atoms with E-state index in [1.165, 1.54) is 50.5 Å². The Morgan fingerprint density at radius 3 is 2.62 bits per heavy atom. The van der Waals surface area contributed by atoms with Crippen molar-refractivity contribution in [2.24, 2.45) is 11.7 Å². The quantitative estimate of drug-likeness (QED) is 0.668. The molecule has 118 valence electrons. The molecule has 0 radical (unpaired) electrons. The molecule has 0 aliphatic carbocycles. The fourth-order valence-corrected chi connectivity index (χ4v) is 3.20. The number of unbranched alkanes of at least 4 members (excludes halogenated alkanes) is 6. The van der Waals surface area contributed by atoms with E-state index in [2.05, 4.69) is 25.1 Å². The molecule has 21 heavy (non-hydrogen) atoms. The average molecular weight is 289 g/mol. The summed E-state index contributed by atoms with van der Waals surface area (Å²) in [6.07, 6.45) is 11.7. The summed E-state index contributed by atoms with van der Waals surface area (Å²) in [5.41, 5.74) is 7.71. The Bertz CT molecular complexity index is 404. The Labute approximate surface area is 130 Å². The van der Waals surface area contributed by atoms with Crippen LogP contribution in [-0.4, -0.2) is 12.6 Å². The lowest BCUT2D eigenvalue weighted by molar-refractivity contribution is 0.194. The molecule has 2 heteroatoms. The molecule has 1 aromatic carbocycles. The van der Waals surface area contributed by atoms with Gasteiger partial charge in [-0.15, -0.1) is 0 Å². The topological polar surface area (TPSA) is 35.2 Å². The predicted octanol–water partition coefficient (Wildman–Crippen LogP) is 4.71. The molecule has 0 bridgehead atoms. The maximum atomic E-state index is 6.39. The highest BCUT2D eigenvalue weighted by atomic mass is 16.5. The molecule has 0 saturated carbocycles. The van der Waals surface area contributed by atoms with Crippen LogP contribution in [0.25, 0.3) is 0 Å². The van der Waals surface area contributed by atoms with Crippen molar-refractivity contribution in [1.29, 1.82) is 0 Å². The second-order valence-corrected chi connectivity index (χ2v) is 6.46. The molecule has 2 rings (SSSR count). The minimum atomic E-state index is 0.286. The van der Waals surface area contributed by atoms with Crippen molar-refractivity contribution in [1.82, 2.24) is 0 Å². The Kier molecular flexibility index (Phi) is 7.08. The van der Waals surface area contributed by atoms with Gasteiger partial charge >= 0.3 is 0 Å². The number of benzene rings is 1. The fourth-order valence-electron chi connectivity index (χ4n) is 3.20. The highest BCUT2D eigenvalue weighted by Gasteiger charge is 2.24. The maximum Gasteiger partial charge on any atom is 0.122 e. The van der Waals surface area contributed by atoms with E-state index in [1.807, 2.05) is 6.07 Å². The van der Waals surface area contributed by atoms with Gasteiger partial charge in [-0.25, -0.2) is 0 Å². The summed E-state index contributed by atoms with van der Waals surface area (Å²) in [6.45, 7) is 3.05. The van der Waals surface area contributed by atoms with Crippen molar-refractivity contribution in [2.75, 3.05) is 6.61 Å². The Morgan fingerprint density at radius 1 is 1.10 bits per heavy atom. The van der Waals surface area contributed by atoms with Crippen molar-refractivity contribution in [3.63, 3.8) is 0 Å². The van der Waals surface area contributed by atoms with Crippen LogP contribution in [0, 0.1) is 5.92 Å². The van der Waals surface area contributed by atoms with Gasteiger partial charge in [0.15, 0.2) is 0 Å². The lowest BCUT2D eigenvalue weighted by Crippen LogP contribution is -2.37. The second kappa shape index (κ2) is 9.09.